The Morgan fingerprint density at radius 2 is 1.31 bits per heavy atom. The lowest BCUT2D eigenvalue weighted by Gasteiger charge is -2.39. The van der Waals surface area contributed by atoms with Crippen LogP contribution in [0.2, 0.25) is 0 Å². The zero-order valence-electron chi connectivity index (χ0n) is 20.8. The highest BCUT2D eigenvalue weighted by atomic mass is 16.8. The molecule has 0 atom stereocenters. The summed E-state index contributed by atoms with van der Waals surface area (Å²) < 4.78 is 19.7. The summed E-state index contributed by atoms with van der Waals surface area (Å²) in [4.78, 5) is 0. The van der Waals surface area contributed by atoms with Crippen LogP contribution in [-0.2, 0) is 4.65 Å². The van der Waals surface area contributed by atoms with Crippen LogP contribution in [0.1, 0.15) is 52.9 Å². The highest BCUT2D eigenvalue weighted by Gasteiger charge is 2.38. The Hall–Kier alpha value is -3.42. The van der Waals surface area contributed by atoms with Crippen LogP contribution >= 0.6 is 0 Å². The summed E-state index contributed by atoms with van der Waals surface area (Å²) in [7, 11) is 0. The van der Waals surface area contributed by atoms with Gasteiger partial charge in [0.05, 0.1) is 11.5 Å². The van der Waals surface area contributed by atoms with E-state index in [1.807, 2.05) is 26.0 Å². The van der Waals surface area contributed by atoms with Crippen molar-refractivity contribution in [1.82, 2.24) is 0 Å². The highest BCUT2D eigenvalue weighted by molar-refractivity contribution is 6.71. The fraction of sp³-hybridized carbons (Fsp3) is 0.290. The van der Waals surface area contributed by atoms with Crippen LogP contribution in [0, 0.1) is 11.7 Å². The number of benzene rings is 4. The molecule has 0 spiro atoms. The first kappa shape index (κ1) is 23.3. The number of rotatable bonds is 6. The van der Waals surface area contributed by atoms with E-state index in [1.165, 1.54) is 19.3 Å². The van der Waals surface area contributed by atoms with E-state index < -0.39 is 6.75 Å². The summed E-state index contributed by atoms with van der Waals surface area (Å²) in [6.45, 7) is 3.83. The fourth-order valence-electron chi connectivity index (χ4n) is 4.92. The Morgan fingerprint density at radius 1 is 0.743 bits per heavy atom. The molecule has 178 valence electrons. The summed E-state index contributed by atoms with van der Waals surface area (Å²) in [6.07, 6.45) is 5.37. The van der Waals surface area contributed by atoms with Gasteiger partial charge >= 0.3 is 6.75 Å². The van der Waals surface area contributed by atoms with Gasteiger partial charge in [-0.15, -0.1) is 5.92 Å². The largest absolute Gasteiger partial charge is 0.649 e. The van der Waals surface area contributed by atoms with Gasteiger partial charge < -0.3 is 14.0 Å². The maximum atomic E-state index is 6.67. The Bertz CT molecular complexity index is 1330. The van der Waals surface area contributed by atoms with Crippen molar-refractivity contribution in [1.29, 1.82) is 0 Å². The van der Waals surface area contributed by atoms with Crippen LogP contribution in [0.3, 0.4) is 0 Å². The number of hydrogen-bond donors (Lipinski definition) is 0. The van der Waals surface area contributed by atoms with Crippen LogP contribution in [0.25, 0.3) is 32.7 Å². The molecule has 4 aromatic carbocycles. The molecular formula is C31H32BO3-. The molecule has 1 aliphatic heterocycles. The van der Waals surface area contributed by atoms with Crippen molar-refractivity contribution in [3.63, 3.8) is 0 Å². The second-order valence-corrected chi connectivity index (χ2v) is 9.51. The monoisotopic (exact) mass is 463 g/mol. The van der Waals surface area contributed by atoms with E-state index in [2.05, 4.69) is 79.3 Å². The zero-order chi connectivity index (χ0) is 24.3. The van der Waals surface area contributed by atoms with Gasteiger partial charge in [0.25, 0.3) is 0 Å². The van der Waals surface area contributed by atoms with Gasteiger partial charge in [0, 0.05) is 23.7 Å². The van der Waals surface area contributed by atoms with Gasteiger partial charge in [-0.2, -0.15) is 5.82 Å². The molecule has 0 unspecified atom stereocenters. The summed E-state index contributed by atoms with van der Waals surface area (Å²) >= 11 is 0. The molecule has 1 heterocycles. The van der Waals surface area contributed by atoms with Crippen LogP contribution < -0.4 is 9.31 Å². The molecule has 4 heteroatoms. The third-order valence-corrected chi connectivity index (χ3v) is 6.48. The van der Waals surface area contributed by atoms with Crippen molar-refractivity contribution in [2.24, 2.45) is 0 Å². The number of unbranched alkanes of at least 4 members (excludes halogenated alkanes) is 4. The lowest BCUT2D eigenvalue weighted by Crippen LogP contribution is -2.52. The maximum absolute atomic E-state index is 6.67. The number of fused-ring (bicyclic) bond motifs is 7. The second-order valence-electron chi connectivity index (χ2n) is 9.51. The summed E-state index contributed by atoms with van der Waals surface area (Å²) in [5.74, 6) is 8.11. The third-order valence-electron chi connectivity index (χ3n) is 6.48. The first-order valence-electron chi connectivity index (χ1n) is 12.8. The van der Waals surface area contributed by atoms with Crippen LogP contribution in [-0.4, -0.2) is 12.9 Å². The van der Waals surface area contributed by atoms with E-state index in [9.17, 15) is 0 Å². The lowest BCUT2D eigenvalue weighted by molar-refractivity contribution is 0.139. The van der Waals surface area contributed by atoms with Crippen molar-refractivity contribution in [3.05, 3.63) is 72.8 Å². The molecule has 0 bridgehead atoms. The minimum absolute atomic E-state index is 0.115. The van der Waals surface area contributed by atoms with E-state index in [4.69, 9.17) is 14.0 Å². The van der Waals surface area contributed by atoms with E-state index in [0.717, 1.165) is 57.0 Å². The Labute approximate surface area is 208 Å². The Kier molecular flexibility index (Phi) is 6.71. The van der Waals surface area contributed by atoms with Crippen molar-refractivity contribution in [2.45, 2.75) is 59.0 Å². The molecular weight excluding hydrogens is 431 g/mol. The molecule has 3 nitrogen and oxygen atoms in total. The maximum Gasteiger partial charge on any atom is 0.571 e. The summed E-state index contributed by atoms with van der Waals surface area (Å²) in [6, 6.07) is 25.1. The van der Waals surface area contributed by atoms with Gasteiger partial charge in [0.1, 0.15) is 0 Å². The molecule has 0 aromatic heterocycles. The van der Waals surface area contributed by atoms with Crippen molar-refractivity contribution < 1.29 is 14.0 Å². The minimum Gasteiger partial charge on any atom is -0.649 e. The standard InChI is InChI=1S/C31H32BO3/c1-4-5-6-7-8-13-22-32(33-23(2)3)34-28-20-18-24-14-9-11-16-26(24)30(28)31-27-17-12-10-15-25(27)19-21-29(31)35-32/h9-12,14-21,23H,4-8H2,1-3H3/q-1. The fourth-order valence-corrected chi connectivity index (χ4v) is 4.92. The van der Waals surface area contributed by atoms with Crippen LogP contribution in [0.15, 0.2) is 72.8 Å². The second kappa shape index (κ2) is 10.1. The molecule has 0 radical (unpaired) electrons. The Balaban J connectivity index is 1.72. The van der Waals surface area contributed by atoms with Gasteiger partial charge in [-0.25, -0.2) is 0 Å². The predicted octanol–water partition coefficient (Wildman–Crippen LogP) is 8.31. The molecule has 0 fully saturated rings. The summed E-state index contributed by atoms with van der Waals surface area (Å²) in [5, 5.41) is 4.55. The molecule has 0 saturated heterocycles. The average Bonchev–Trinajstić information content (AvgIpc) is 3.00. The molecule has 0 amide bonds. The average molecular weight is 463 g/mol. The molecule has 0 saturated carbocycles. The SMILES string of the molecule is CCCCCCC#C[B-]1(OC(C)C)Oc2ccc3ccccc3c2-c2c(ccc3ccccc23)O1. The topological polar surface area (TPSA) is 27.7 Å². The molecule has 0 aliphatic carbocycles. The number of hydrogen-bond acceptors (Lipinski definition) is 3. The molecule has 1 aliphatic rings. The third kappa shape index (κ3) is 4.74. The van der Waals surface area contributed by atoms with Crippen LogP contribution in [0.5, 0.6) is 11.5 Å². The van der Waals surface area contributed by atoms with Gasteiger partial charge in [-0.3, -0.25) is 0 Å². The van der Waals surface area contributed by atoms with Crippen LogP contribution in [0.4, 0.5) is 0 Å². The minimum atomic E-state index is -2.37. The quantitative estimate of drug-likeness (QED) is 0.164. The lowest BCUT2D eigenvalue weighted by atomic mass is 9.78. The molecule has 5 rings (SSSR count). The highest BCUT2D eigenvalue weighted by Crippen LogP contribution is 2.48. The Morgan fingerprint density at radius 3 is 1.86 bits per heavy atom. The first-order chi connectivity index (χ1) is 17.1. The van der Waals surface area contributed by atoms with Crippen molar-refractivity contribution in [3.8, 4) is 34.4 Å². The van der Waals surface area contributed by atoms with Gasteiger partial charge in [-0.1, -0.05) is 86.8 Å². The van der Waals surface area contributed by atoms with Crippen molar-refractivity contribution >= 4 is 28.3 Å². The molecule has 0 N–H and O–H groups in total. The van der Waals surface area contributed by atoms with E-state index in [-0.39, 0.29) is 6.10 Å². The van der Waals surface area contributed by atoms with Gasteiger partial charge in [-0.05, 0) is 53.9 Å². The van der Waals surface area contributed by atoms with E-state index in [0.29, 0.717) is 0 Å². The first-order valence-corrected chi connectivity index (χ1v) is 12.8. The van der Waals surface area contributed by atoms with Crippen molar-refractivity contribution in [2.75, 3.05) is 0 Å². The zero-order valence-corrected chi connectivity index (χ0v) is 20.8. The smallest absolute Gasteiger partial charge is 0.571 e. The molecule has 4 aromatic rings. The van der Waals surface area contributed by atoms with Gasteiger partial charge in [0.2, 0.25) is 0 Å². The molecule has 35 heavy (non-hydrogen) atoms. The van der Waals surface area contributed by atoms with E-state index >= 15 is 0 Å². The van der Waals surface area contributed by atoms with Gasteiger partial charge in [0.15, 0.2) is 0 Å². The predicted molar refractivity (Wildman–Crippen MR) is 147 cm³/mol. The summed E-state index contributed by atoms with van der Waals surface area (Å²) in [5.41, 5.74) is 2.05. The van der Waals surface area contributed by atoms with E-state index in [1.54, 1.807) is 0 Å². The normalized spacial score (nSPS) is 13.8.